The van der Waals surface area contributed by atoms with Crippen LogP contribution in [0.2, 0.25) is 0 Å². The van der Waals surface area contributed by atoms with Gasteiger partial charge < -0.3 is 41.7 Å². The maximum absolute atomic E-state index is 13.8. The Balaban J connectivity index is 2.64. The van der Waals surface area contributed by atoms with Crippen LogP contribution < -0.4 is 11.2 Å². The number of ether oxygens (including phenoxy) is 3. The zero-order valence-electron chi connectivity index (χ0n) is 28.8. The summed E-state index contributed by atoms with van der Waals surface area (Å²) in [5.74, 6) is -0.462. The monoisotopic (exact) mass is 728 g/mol. The van der Waals surface area contributed by atoms with Gasteiger partial charge >= 0.3 is 13.3 Å². The number of aromatic nitrogens is 2. The van der Waals surface area contributed by atoms with Gasteiger partial charge in [0.05, 0.1) is 33.0 Å². The number of rotatable bonds is 22. The molecule has 0 amide bonds. The molecule has 1 aromatic rings. The average Bonchev–Trinajstić information content (AvgIpc) is 3.30. The lowest BCUT2D eigenvalue weighted by molar-refractivity contribution is -0.0808. The third kappa shape index (κ3) is 12.5. The first-order chi connectivity index (χ1) is 22.1. The standard InChI is InChI=1S/C28H51N4O12P3/c1-11-40-46(10,35)19-47(36,41-12-2)42-18-23-24(44-45(39-14-13-29-8)32(20(3)4)21(5)6)25(38-16-15-37-9)27(43-23)31-17-22(7)26(33)30-28(31)34/h17,20-21,23-25,27H,11-16,18-19H2,1-7,9-10H3,(H,30,33,34)/t23-,24-,25-,27-,45?,46?,47?/m1/s1. The summed E-state index contributed by atoms with van der Waals surface area (Å²) >= 11 is 0. The van der Waals surface area contributed by atoms with E-state index in [0.29, 0.717) is 0 Å². The number of methoxy groups -OCH3 is 1. The molecule has 47 heavy (non-hydrogen) atoms. The summed E-state index contributed by atoms with van der Waals surface area (Å²) in [6.07, 6.45) is -2.77. The number of aromatic amines is 1. The molecule has 16 nitrogen and oxygen atoms in total. The highest BCUT2D eigenvalue weighted by molar-refractivity contribution is 7.73. The number of hydrogen-bond acceptors (Lipinski definition) is 13. The van der Waals surface area contributed by atoms with Crippen LogP contribution in [0.15, 0.2) is 15.8 Å². The third-order valence-electron chi connectivity index (χ3n) is 6.76. The third-order valence-corrected chi connectivity index (χ3v) is 14.3. The molecule has 1 aliphatic rings. The smallest absolute Gasteiger partial charge is 0.340 e. The normalized spacial score (nSPS) is 23.2. The van der Waals surface area contributed by atoms with Crippen LogP contribution in [0, 0.1) is 13.5 Å². The number of aryl methyl sites for hydroxylation is 1. The second-order valence-corrected chi connectivity index (χ2v) is 17.9. The topological polar surface area (TPSA) is 170 Å². The van der Waals surface area contributed by atoms with E-state index in [-0.39, 0.29) is 63.8 Å². The van der Waals surface area contributed by atoms with Crippen LogP contribution in [0.1, 0.15) is 53.3 Å². The van der Waals surface area contributed by atoms with Crippen molar-refractivity contribution in [2.75, 3.05) is 65.9 Å². The highest BCUT2D eigenvalue weighted by Crippen LogP contribution is 2.62. The molecule has 3 unspecified atom stereocenters. The van der Waals surface area contributed by atoms with E-state index in [2.05, 4.69) is 9.83 Å². The Kier molecular flexibility index (Phi) is 17.6. The van der Waals surface area contributed by atoms with Gasteiger partial charge in [0.25, 0.3) is 14.1 Å². The lowest BCUT2D eigenvalue weighted by atomic mass is 10.1. The van der Waals surface area contributed by atoms with Gasteiger partial charge in [-0.15, -0.1) is 0 Å². The molecule has 1 N–H and O–H groups in total. The Bertz CT molecular complexity index is 1360. The minimum atomic E-state index is -3.99. The number of nitrogens with one attached hydrogen (secondary N) is 1. The second kappa shape index (κ2) is 19.8. The minimum Gasteiger partial charge on any atom is -0.382 e. The maximum Gasteiger partial charge on any atom is 0.340 e. The van der Waals surface area contributed by atoms with Crippen molar-refractivity contribution in [3.05, 3.63) is 44.0 Å². The SMILES string of the molecule is [C-]#[N+]CCOP(O[C@H]1[C@@H](OCCOC)[C@H](n2cc(C)c(=O)[nH]c2=O)O[C@@H]1COP(=O)(CP(C)(=O)OCC)OCC)N(C(C)C)C(C)C. The van der Waals surface area contributed by atoms with Gasteiger partial charge in [-0.25, -0.2) is 16.0 Å². The summed E-state index contributed by atoms with van der Waals surface area (Å²) in [7, 11) is -7.67. The average molecular weight is 729 g/mol. The molecule has 0 radical (unpaired) electrons. The first kappa shape index (κ1) is 41.9. The summed E-state index contributed by atoms with van der Waals surface area (Å²) in [5, 5.41) is 0. The van der Waals surface area contributed by atoms with E-state index >= 15 is 0 Å². The van der Waals surface area contributed by atoms with Crippen LogP contribution >= 0.6 is 23.5 Å². The van der Waals surface area contributed by atoms with Gasteiger partial charge in [0.15, 0.2) is 6.23 Å². The Morgan fingerprint density at radius 2 is 1.72 bits per heavy atom. The zero-order valence-corrected chi connectivity index (χ0v) is 31.5. The minimum absolute atomic E-state index is 0.0181. The molecule has 1 aliphatic heterocycles. The molecule has 2 heterocycles. The van der Waals surface area contributed by atoms with E-state index in [1.807, 2.05) is 32.4 Å². The second-order valence-electron chi connectivity index (χ2n) is 11.4. The molecule has 2 rings (SSSR count). The van der Waals surface area contributed by atoms with Gasteiger partial charge in [0, 0.05) is 37.6 Å². The Morgan fingerprint density at radius 1 is 1.06 bits per heavy atom. The highest BCUT2D eigenvalue weighted by atomic mass is 31.2. The quantitative estimate of drug-likeness (QED) is 0.100. The van der Waals surface area contributed by atoms with Gasteiger partial charge in [0.2, 0.25) is 13.9 Å². The van der Waals surface area contributed by atoms with Crippen molar-refractivity contribution in [1.82, 2.24) is 14.2 Å². The van der Waals surface area contributed by atoms with E-state index in [1.165, 1.54) is 24.5 Å². The van der Waals surface area contributed by atoms with E-state index < -0.39 is 65.2 Å². The van der Waals surface area contributed by atoms with Crippen LogP contribution in [-0.2, 0) is 46.0 Å². The predicted octanol–water partition coefficient (Wildman–Crippen LogP) is 4.59. The van der Waals surface area contributed by atoms with Crippen molar-refractivity contribution in [2.24, 2.45) is 0 Å². The molecule has 1 aromatic heterocycles. The van der Waals surface area contributed by atoms with Crippen LogP contribution in [0.5, 0.6) is 0 Å². The van der Waals surface area contributed by atoms with E-state index in [9.17, 15) is 18.7 Å². The van der Waals surface area contributed by atoms with Crippen LogP contribution in [0.3, 0.4) is 0 Å². The summed E-state index contributed by atoms with van der Waals surface area (Å²) < 4.78 is 77.5. The molecular formula is C28H51N4O12P3. The van der Waals surface area contributed by atoms with Crippen molar-refractivity contribution in [3.63, 3.8) is 0 Å². The molecule has 19 heteroatoms. The number of nitrogens with zero attached hydrogens (tertiary/aromatic N) is 3. The lowest BCUT2D eigenvalue weighted by Gasteiger charge is -2.38. The summed E-state index contributed by atoms with van der Waals surface area (Å²) in [5.41, 5.74) is -1.03. The highest BCUT2D eigenvalue weighted by Gasteiger charge is 2.51. The molecule has 0 aliphatic carbocycles. The van der Waals surface area contributed by atoms with Crippen molar-refractivity contribution in [3.8, 4) is 0 Å². The van der Waals surface area contributed by atoms with E-state index in [0.717, 1.165) is 0 Å². The van der Waals surface area contributed by atoms with E-state index in [1.54, 1.807) is 20.8 Å². The first-order valence-electron chi connectivity index (χ1n) is 15.5. The molecule has 1 saturated heterocycles. The fraction of sp³-hybridized carbons (Fsp3) is 0.821. The first-order valence-corrected chi connectivity index (χ1v) is 20.6. The molecule has 0 bridgehead atoms. The van der Waals surface area contributed by atoms with Gasteiger partial charge in [-0.3, -0.25) is 23.5 Å². The van der Waals surface area contributed by atoms with Crippen molar-refractivity contribution in [1.29, 1.82) is 0 Å². The maximum atomic E-state index is 13.8. The fourth-order valence-corrected chi connectivity index (χ4v) is 11.6. The lowest BCUT2D eigenvalue weighted by Crippen LogP contribution is -2.43. The fourth-order valence-electron chi connectivity index (χ4n) is 4.94. The summed E-state index contributed by atoms with van der Waals surface area (Å²) in [6.45, 7) is 21.7. The van der Waals surface area contributed by atoms with Gasteiger partial charge in [-0.05, 0) is 48.5 Å². The molecule has 0 aromatic carbocycles. The molecule has 0 saturated carbocycles. The molecular weight excluding hydrogens is 677 g/mol. The Morgan fingerprint density at radius 3 is 2.30 bits per heavy atom. The number of H-pyrrole nitrogens is 1. The summed E-state index contributed by atoms with van der Waals surface area (Å²) in [6, 6.07) is -0.0655. The van der Waals surface area contributed by atoms with Gasteiger partial charge in [-0.1, -0.05) is 0 Å². The van der Waals surface area contributed by atoms with Crippen molar-refractivity contribution in [2.45, 2.75) is 85.1 Å². The Hall–Kier alpha value is -1.30. The molecule has 270 valence electrons. The van der Waals surface area contributed by atoms with E-state index in [4.69, 9.17) is 43.4 Å². The zero-order chi connectivity index (χ0) is 35.4. The number of hydrogen-bond donors (Lipinski definition) is 1. The largest absolute Gasteiger partial charge is 0.382 e. The van der Waals surface area contributed by atoms with Crippen LogP contribution in [-0.4, -0.2) is 110 Å². The van der Waals surface area contributed by atoms with Crippen LogP contribution in [0.25, 0.3) is 4.85 Å². The predicted molar refractivity (Wildman–Crippen MR) is 178 cm³/mol. The van der Waals surface area contributed by atoms with Crippen molar-refractivity contribution < 1.29 is 46.0 Å². The van der Waals surface area contributed by atoms with Crippen molar-refractivity contribution >= 4 is 23.5 Å². The summed E-state index contributed by atoms with van der Waals surface area (Å²) in [4.78, 5) is 31.0. The van der Waals surface area contributed by atoms with Gasteiger partial charge in [0.1, 0.15) is 30.8 Å². The van der Waals surface area contributed by atoms with Gasteiger partial charge in [-0.2, -0.15) is 0 Å². The Labute approximate surface area is 278 Å². The van der Waals surface area contributed by atoms with Crippen LogP contribution in [0.4, 0.5) is 0 Å². The molecule has 0 spiro atoms. The molecule has 1 fully saturated rings. The molecule has 7 atom stereocenters.